The highest BCUT2D eigenvalue weighted by Gasteiger charge is 2.26. The van der Waals surface area contributed by atoms with Crippen LogP contribution in [-0.4, -0.2) is 22.1 Å². The highest BCUT2D eigenvalue weighted by Crippen LogP contribution is 2.25. The van der Waals surface area contributed by atoms with Crippen molar-refractivity contribution < 1.29 is 4.79 Å². The molecule has 0 unspecified atom stereocenters. The van der Waals surface area contributed by atoms with Crippen molar-refractivity contribution in [3.63, 3.8) is 0 Å². The van der Waals surface area contributed by atoms with Crippen LogP contribution in [0.4, 0.5) is 0 Å². The number of hydrogen-bond donors (Lipinski definition) is 0. The topological polar surface area (TPSA) is 20.3 Å². The minimum Gasteiger partial charge on any atom is -0.334 e. The zero-order valence-corrected chi connectivity index (χ0v) is 17.8. The van der Waals surface area contributed by atoms with Gasteiger partial charge < -0.3 is 4.90 Å². The summed E-state index contributed by atoms with van der Waals surface area (Å²) in [6.45, 7) is 6.88. The predicted octanol–water partition coefficient (Wildman–Crippen LogP) is 6.44. The fraction of sp³-hybridized carbons (Fsp3) is 0.381. The predicted molar refractivity (Wildman–Crippen MR) is 114 cm³/mol. The Hall–Kier alpha value is -1.16. The Morgan fingerprint density at radius 2 is 1.69 bits per heavy atom. The van der Waals surface area contributed by atoms with Crippen molar-refractivity contribution in [2.45, 2.75) is 45.0 Å². The van der Waals surface area contributed by atoms with Gasteiger partial charge in [-0.05, 0) is 44.0 Å². The molecule has 2 aromatic carbocycles. The highest BCUT2D eigenvalue weighted by atomic mass is 35.5. The van der Waals surface area contributed by atoms with Crippen LogP contribution in [0.3, 0.4) is 0 Å². The lowest BCUT2D eigenvalue weighted by molar-refractivity contribution is -0.136. The van der Waals surface area contributed by atoms with Gasteiger partial charge in [0.15, 0.2) is 0 Å². The molecular formula is C21H25Cl2NOS. The molecule has 0 saturated heterocycles. The number of thioether (sulfide) groups is 1. The number of carbonyl (C=O) groups is 1. The van der Waals surface area contributed by atoms with Crippen molar-refractivity contribution in [2.75, 3.05) is 5.75 Å². The molecule has 26 heavy (non-hydrogen) atoms. The first-order valence-electron chi connectivity index (χ1n) is 8.63. The summed E-state index contributed by atoms with van der Waals surface area (Å²) in [5.74, 6) is 1.78. The van der Waals surface area contributed by atoms with E-state index in [0.717, 1.165) is 22.6 Å². The minimum absolute atomic E-state index is 0.183. The molecule has 0 radical (unpaired) electrons. The van der Waals surface area contributed by atoms with Gasteiger partial charge in [-0.3, -0.25) is 4.79 Å². The van der Waals surface area contributed by atoms with Crippen LogP contribution in [-0.2, 0) is 17.1 Å². The van der Waals surface area contributed by atoms with E-state index in [2.05, 4.69) is 32.9 Å². The van der Waals surface area contributed by atoms with E-state index >= 15 is 0 Å². The molecule has 2 aromatic rings. The van der Waals surface area contributed by atoms with E-state index in [-0.39, 0.29) is 11.4 Å². The molecule has 1 amide bonds. The van der Waals surface area contributed by atoms with Crippen molar-refractivity contribution in [3.05, 3.63) is 69.7 Å². The Bertz CT molecular complexity index is 729. The van der Waals surface area contributed by atoms with E-state index < -0.39 is 0 Å². The van der Waals surface area contributed by atoms with E-state index in [1.165, 1.54) is 0 Å². The third kappa shape index (κ3) is 6.53. The average Bonchev–Trinajstić information content (AvgIpc) is 2.59. The zero-order valence-electron chi connectivity index (χ0n) is 15.5. The van der Waals surface area contributed by atoms with Crippen molar-refractivity contribution in [3.8, 4) is 0 Å². The molecule has 5 heteroatoms. The van der Waals surface area contributed by atoms with Crippen molar-refractivity contribution in [1.82, 2.24) is 4.90 Å². The van der Waals surface area contributed by atoms with Crippen LogP contribution in [0.1, 0.15) is 38.3 Å². The van der Waals surface area contributed by atoms with Crippen LogP contribution in [0.5, 0.6) is 0 Å². The third-order valence-corrected chi connectivity index (χ3v) is 5.78. The number of benzene rings is 2. The van der Waals surface area contributed by atoms with Gasteiger partial charge in [-0.25, -0.2) is 0 Å². The van der Waals surface area contributed by atoms with Crippen molar-refractivity contribution >= 4 is 40.9 Å². The summed E-state index contributed by atoms with van der Waals surface area (Å²) in [4.78, 5) is 14.7. The Morgan fingerprint density at radius 1 is 1.00 bits per heavy atom. The largest absolute Gasteiger partial charge is 0.334 e. The highest BCUT2D eigenvalue weighted by molar-refractivity contribution is 7.98. The summed E-state index contributed by atoms with van der Waals surface area (Å²) in [7, 11) is 0. The molecule has 0 spiro atoms. The third-order valence-electron chi connectivity index (χ3n) is 4.01. The van der Waals surface area contributed by atoms with Gasteiger partial charge in [0.2, 0.25) is 5.91 Å². The number of hydrogen-bond acceptors (Lipinski definition) is 2. The van der Waals surface area contributed by atoms with Gasteiger partial charge in [0, 0.05) is 30.0 Å². The number of carbonyl (C=O) groups excluding carboxylic acids is 1. The second-order valence-electron chi connectivity index (χ2n) is 7.19. The SMILES string of the molecule is CC(C)(C)N(Cc1ccccc1)C(=O)CCSCc1ccc(Cl)c(Cl)c1. The van der Waals surface area contributed by atoms with Crippen LogP contribution < -0.4 is 0 Å². The minimum atomic E-state index is -0.207. The first-order chi connectivity index (χ1) is 12.3. The summed E-state index contributed by atoms with van der Waals surface area (Å²) in [6.07, 6.45) is 0.524. The van der Waals surface area contributed by atoms with Crippen LogP contribution in [0, 0.1) is 0 Å². The average molecular weight is 410 g/mol. The molecule has 2 rings (SSSR count). The molecule has 0 aliphatic heterocycles. The zero-order chi connectivity index (χ0) is 19.2. The van der Waals surface area contributed by atoms with Crippen molar-refractivity contribution in [1.29, 1.82) is 0 Å². The monoisotopic (exact) mass is 409 g/mol. The molecule has 0 heterocycles. The Morgan fingerprint density at radius 3 is 2.31 bits per heavy atom. The van der Waals surface area contributed by atoms with Gasteiger partial charge in [-0.1, -0.05) is 59.6 Å². The van der Waals surface area contributed by atoms with Gasteiger partial charge >= 0.3 is 0 Å². The molecule has 0 atom stereocenters. The lowest BCUT2D eigenvalue weighted by Gasteiger charge is -2.36. The van der Waals surface area contributed by atoms with Crippen LogP contribution in [0.2, 0.25) is 10.0 Å². The quantitative estimate of drug-likeness (QED) is 0.489. The van der Waals surface area contributed by atoms with Crippen LogP contribution in [0.25, 0.3) is 0 Å². The van der Waals surface area contributed by atoms with E-state index in [9.17, 15) is 4.79 Å². The van der Waals surface area contributed by atoms with Crippen molar-refractivity contribution in [2.24, 2.45) is 0 Å². The Labute approximate surface area is 170 Å². The summed E-state index contributed by atoms with van der Waals surface area (Å²) >= 11 is 13.7. The number of amides is 1. The molecule has 2 nitrogen and oxygen atoms in total. The molecule has 0 bridgehead atoms. The standard InChI is InChI=1S/C21H25Cl2NOS/c1-21(2,3)24(14-16-7-5-4-6-8-16)20(25)11-12-26-15-17-9-10-18(22)19(23)13-17/h4-10,13H,11-12,14-15H2,1-3H3. The summed E-state index contributed by atoms with van der Waals surface area (Å²) < 4.78 is 0. The maximum Gasteiger partial charge on any atom is 0.224 e. The van der Waals surface area contributed by atoms with Gasteiger partial charge in [-0.2, -0.15) is 11.8 Å². The lowest BCUT2D eigenvalue weighted by atomic mass is 10.0. The van der Waals surface area contributed by atoms with Crippen LogP contribution >= 0.6 is 35.0 Å². The van der Waals surface area contributed by atoms with E-state index in [4.69, 9.17) is 23.2 Å². The van der Waals surface area contributed by atoms with Gasteiger partial charge in [0.1, 0.15) is 0 Å². The molecule has 0 aliphatic rings. The Balaban J connectivity index is 1.87. The van der Waals surface area contributed by atoms with Gasteiger partial charge in [0.25, 0.3) is 0 Å². The second-order valence-corrected chi connectivity index (χ2v) is 9.11. The maximum absolute atomic E-state index is 12.8. The fourth-order valence-corrected chi connectivity index (χ4v) is 3.78. The van der Waals surface area contributed by atoms with Gasteiger partial charge in [0.05, 0.1) is 10.0 Å². The molecule has 0 fully saturated rings. The van der Waals surface area contributed by atoms with Crippen LogP contribution in [0.15, 0.2) is 48.5 Å². The molecule has 140 valence electrons. The van der Waals surface area contributed by atoms with Gasteiger partial charge in [-0.15, -0.1) is 0 Å². The number of halogens is 2. The molecular weight excluding hydrogens is 385 g/mol. The summed E-state index contributed by atoms with van der Waals surface area (Å²) in [6, 6.07) is 15.8. The first-order valence-corrected chi connectivity index (χ1v) is 10.5. The second kappa shape index (κ2) is 9.68. The normalized spacial score (nSPS) is 11.4. The molecule has 0 saturated carbocycles. The summed E-state index contributed by atoms with van der Waals surface area (Å²) in [5.41, 5.74) is 2.06. The Kier molecular flexibility index (Phi) is 7.87. The molecule has 0 aromatic heterocycles. The summed E-state index contributed by atoms with van der Waals surface area (Å²) in [5, 5.41) is 1.14. The van der Waals surface area contributed by atoms with E-state index in [0.29, 0.717) is 23.0 Å². The van der Waals surface area contributed by atoms with E-state index in [1.54, 1.807) is 11.8 Å². The van der Waals surface area contributed by atoms with E-state index in [1.807, 2.05) is 41.3 Å². The number of rotatable bonds is 7. The lowest BCUT2D eigenvalue weighted by Crippen LogP contribution is -2.45. The molecule has 0 N–H and O–H groups in total. The fourth-order valence-electron chi connectivity index (χ4n) is 2.58. The molecule has 0 aliphatic carbocycles. The maximum atomic E-state index is 12.8. The number of nitrogens with zero attached hydrogens (tertiary/aromatic N) is 1. The smallest absolute Gasteiger partial charge is 0.224 e. The first kappa shape index (κ1) is 21.1.